The second-order valence-corrected chi connectivity index (χ2v) is 9.22. The maximum absolute atomic E-state index is 12.7. The lowest BCUT2D eigenvalue weighted by Crippen LogP contribution is -2.27. The molecule has 2 amide bonds. The van der Waals surface area contributed by atoms with Crippen LogP contribution in [0.15, 0.2) is 86.6 Å². The molecule has 0 bridgehead atoms. The molecule has 4 rings (SSSR count). The monoisotopic (exact) mass is 543 g/mol. The zero-order valence-electron chi connectivity index (χ0n) is 15.5. The zero-order chi connectivity index (χ0) is 21.1. The minimum absolute atomic E-state index is 0.300. The number of halogens is 2. The van der Waals surface area contributed by atoms with Gasteiger partial charge in [-0.25, -0.2) is 4.90 Å². The minimum Gasteiger partial charge on any atom is -0.488 e. The van der Waals surface area contributed by atoms with E-state index in [4.69, 9.17) is 4.74 Å². The molecule has 0 saturated carbocycles. The number of thioether (sulfide) groups is 1. The van der Waals surface area contributed by atoms with Crippen molar-refractivity contribution in [1.29, 1.82) is 0 Å². The highest BCUT2D eigenvalue weighted by atomic mass is 79.9. The third-order valence-electron chi connectivity index (χ3n) is 4.37. The molecule has 30 heavy (non-hydrogen) atoms. The van der Waals surface area contributed by atoms with Gasteiger partial charge in [-0.15, -0.1) is 0 Å². The van der Waals surface area contributed by atoms with Gasteiger partial charge in [0.05, 0.1) is 15.1 Å². The van der Waals surface area contributed by atoms with Gasteiger partial charge < -0.3 is 4.74 Å². The summed E-state index contributed by atoms with van der Waals surface area (Å²) in [6, 6.07) is 22.4. The first-order valence-electron chi connectivity index (χ1n) is 9.01. The van der Waals surface area contributed by atoms with Crippen molar-refractivity contribution in [3.63, 3.8) is 0 Å². The van der Waals surface area contributed by atoms with E-state index in [-0.39, 0.29) is 11.1 Å². The Labute approximate surface area is 195 Å². The van der Waals surface area contributed by atoms with Crippen molar-refractivity contribution in [3.05, 3.63) is 97.8 Å². The molecule has 0 unspecified atom stereocenters. The molecule has 0 radical (unpaired) electrons. The predicted octanol–water partition coefficient (Wildman–Crippen LogP) is 7.03. The van der Waals surface area contributed by atoms with Crippen LogP contribution in [-0.4, -0.2) is 11.1 Å². The van der Waals surface area contributed by atoms with Gasteiger partial charge in [-0.05, 0) is 81.3 Å². The predicted molar refractivity (Wildman–Crippen MR) is 128 cm³/mol. The molecule has 150 valence electrons. The van der Waals surface area contributed by atoms with Crippen LogP contribution in [0.3, 0.4) is 0 Å². The Bertz CT molecular complexity index is 1130. The van der Waals surface area contributed by atoms with Gasteiger partial charge in [0.25, 0.3) is 11.1 Å². The molecule has 1 aliphatic rings. The van der Waals surface area contributed by atoms with Gasteiger partial charge in [0, 0.05) is 4.47 Å². The number of ether oxygens (including phenoxy) is 1. The smallest absolute Gasteiger partial charge is 0.298 e. The van der Waals surface area contributed by atoms with Gasteiger partial charge in [0.1, 0.15) is 12.4 Å². The highest BCUT2D eigenvalue weighted by molar-refractivity contribution is 9.10. The molecule has 0 aliphatic carbocycles. The first-order valence-corrected chi connectivity index (χ1v) is 11.4. The van der Waals surface area contributed by atoms with Crippen LogP contribution in [-0.2, 0) is 11.4 Å². The summed E-state index contributed by atoms with van der Waals surface area (Å²) in [6.45, 7) is 0.446. The fourth-order valence-electron chi connectivity index (χ4n) is 2.88. The van der Waals surface area contributed by atoms with Crippen LogP contribution in [0, 0.1) is 0 Å². The quantitative estimate of drug-likeness (QED) is 0.323. The third-order valence-corrected chi connectivity index (χ3v) is 6.39. The summed E-state index contributed by atoms with van der Waals surface area (Å²) in [5.74, 6) is 0.385. The number of hydrogen-bond donors (Lipinski definition) is 0. The van der Waals surface area contributed by atoms with Crippen LogP contribution < -0.4 is 9.64 Å². The highest BCUT2D eigenvalue weighted by Gasteiger charge is 2.36. The number of nitrogens with zero attached hydrogens (tertiary/aromatic N) is 1. The number of amides is 2. The molecule has 0 atom stereocenters. The molecule has 0 spiro atoms. The van der Waals surface area contributed by atoms with Crippen molar-refractivity contribution in [2.45, 2.75) is 6.61 Å². The van der Waals surface area contributed by atoms with Crippen molar-refractivity contribution >= 4 is 66.5 Å². The second kappa shape index (κ2) is 9.20. The highest BCUT2D eigenvalue weighted by Crippen LogP contribution is 2.36. The molecular weight excluding hydrogens is 530 g/mol. The summed E-state index contributed by atoms with van der Waals surface area (Å²) in [4.78, 5) is 26.7. The molecule has 3 aromatic rings. The Balaban J connectivity index is 1.49. The average molecular weight is 545 g/mol. The lowest BCUT2D eigenvalue weighted by Gasteiger charge is -2.11. The number of imide groups is 1. The van der Waals surface area contributed by atoms with Crippen LogP contribution in [0.2, 0.25) is 0 Å². The first kappa shape index (κ1) is 20.9. The van der Waals surface area contributed by atoms with E-state index in [2.05, 4.69) is 31.9 Å². The maximum Gasteiger partial charge on any atom is 0.298 e. The summed E-state index contributed by atoms with van der Waals surface area (Å²) < 4.78 is 7.68. The fraction of sp³-hybridized carbons (Fsp3) is 0.0435. The Morgan fingerprint density at radius 3 is 2.37 bits per heavy atom. The Morgan fingerprint density at radius 1 is 0.933 bits per heavy atom. The Hall–Kier alpha value is -2.35. The lowest BCUT2D eigenvalue weighted by atomic mass is 10.2. The summed E-state index contributed by atoms with van der Waals surface area (Å²) in [5, 5.41) is -0.300. The maximum atomic E-state index is 12.7. The molecule has 3 aromatic carbocycles. The van der Waals surface area contributed by atoms with Crippen molar-refractivity contribution in [3.8, 4) is 5.75 Å². The summed E-state index contributed by atoms with van der Waals surface area (Å²) >= 11 is 7.88. The molecule has 0 N–H and O–H groups in total. The van der Waals surface area contributed by atoms with Crippen LogP contribution >= 0.6 is 43.6 Å². The van der Waals surface area contributed by atoms with Gasteiger partial charge in [-0.1, -0.05) is 52.3 Å². The number of para-hydroxylation sites is 1. The van der Waals surface area contributed by atoms with E-state index in [1.165, 1.54) is 4.90 Å². The van der Waals surface area contributed by atoms with Crippen molar-refractivity contribution in [2.75, 3.05) is 4.90 Å². The van der Waals surface area contributed by atoms with Gasteiger partial charge in [0.15, 0.2) is 0 Å². The average Bonchev–Trinajstić information content (AvgIpc) is 3.02. The van der Waals surface area contributed by atoms with E-state index in [0.29, 0.717) is 22.9 Å². The van der Waals surface area contributed by atoms with Crippen LogP contribution in [0.4, 0.5) is 10.5 Å². The van der Waals surface area contributed by atoms with Gasteiger partial charge in [-0.3, -0.25) is 9.59 Å². The van der Waals surface area contributed by atoms with Crippen LogP contribution in [0.5, 0.6) is 5.75 Å². The van der Waals surface area contributed by atoms with Gasteiger partial charge in [-0.2, -0.15) is 0 Å². The summed E-state index contributed by atoms with van der Waals surface area (Å²) in [7, 11) is 0. The standard InChI is InChI=1S/C23H15Br2NO3S/c24-17-9-6-15(7-10-17)14-29-20-11-8-16(12-19(20)25)13-21-22(27)26(23(28)30-21)18-4-2-1-3-5-18/h1-13H,14H2/b21-13-. The van der Waals surface area contributed by atoms with E-state index in [1.807, 2.05) is 48.5 Å². The second-order valence-electron chi connectivity index (χ2n) is 6.46. The Morgan fingerprint density at radius 2 is 1.67 bits per heavy atom. The third kappa shape index (κ3) is 4.69. The van der Waals surface area contributed by atoms with E-state index < -0.39 is 0 Å². The SMILES string of the molecule is O=C1S/C(=C\c2ccc(OCc3ccc(Br)cc3)c(Br)c2)C(=O)N1c1ccccc1. The number of hydrogen-bond acceptors (Lipinski definition) is 4. The fourth-order valence-corrected chi connectivity index (χ4v) is 4.50. The molecule has 4 nitrogen and oxygen atoms in total. The molecular formula is C23H15Br2NO3S. The van der Waals surface area contributed by atoms with Crippen molar-refractivity contribution in [2.24, 2.45) is 0 Å². The van der Waals surface area contributed by atoms with E-state index in [9.17, 15) is 9.59 Å². The largest absolute Gasteiger partial charge is 0.488 e. The number of rotatable bonds is 5. The molecule has 7 heteroatoms. The molecule has 1 heterocycles. The number of benzene rings is 3. The zero-order valence-corrected chi connectivity index (χ0v) is 19.5. The van der Waals surface area contributed by atoms with Gasteiger partial charge >= 0.3 is 0 Å². The van der Waals surface area contributed by atoms with E-state index >= 15 is 0 Å². The van der Waals surface area contributed by atoms with Crippen LogP contribution in [0.25, 0.3) is 6.08 Å². The van der Waals surface area contributed by atoms with Crippen LogP contribution in [0.1, 0.15) is 11.1 Å². The number of anilines is 1. The number of carbonyl (C=O) groups excluding carboxylic acids is 2. The summed E-state index contributed by atoms with van der Waals surface area (Å²) in [5.41, 5.74) is 2.43. The summed E-state index contributed by atoms with van der Waals surface area (Å²) in [6.07, 6.45) is 1.72. The lowest BCUT2D eigenvalue weighted by molar-refractivity contribution is -0.113. The number of carbonyl (C=O) groups is 2. The van der Waals surface area contributed by atoms with Crippen molar-refractivity contribution < 1.29 is 14.3 Å². The Kier molecular flexibility index (Phi) is 6.41. The van der Waals surface area contributed by atoms with E-state index in [1.54, 1.807) is 30.3 Å². The van der Waals surface area contributed by atoms with Crippen molar-refractivity contribution in [1.82, 2.24) is 0 Å². The molecule has 1 aliphatic heterocycles. The minimum atomic E-state index is -0.317. The normalized spacial score (nSPS) is 15.1. The molecule has 0 aromatic heterocycles. The molecule has 1 saturated heterocycles. The van der Waals surface area contributed by atoms with E-state index in [0.717, 1.165) is 31.8 Å². The van der Waals surface area contributed by atoms with Gasteiger partial charge in [0.2, 0.25) is 0 Å². The first-order chi connectivity index (χ1) is 14.5. The molecule has 1 fully saturated rings. The topological polar surface area (TPSA) is 46.6 Å².